The van der Waals surface area contributed by atoms with Crippen LogP contribution in [0, 0.1) is 6.92 Å². The van der Waals surface area contributed by atoms with E-state index in [-0.39, 0.29) is 18.3 Å². The molecule has 6 heteroatoms. The van der Waals surface area contributed by atoms with Gasteiger partial charge in [-0.3, -0.25) is 4.79 Å². The Morgan fingerprint density at radius 2 is 1.86 bits per heavy atom. The Labute approximate surface area is 137 Å². The van der Waals surface area contributed by atoms with Crippen molar-refractivity contribution in [1.29, 1.82) is 0 Å². The Bertz CT molecular complexity index is 629. The van der Waals surface area contributed by atoms with E-state index in [0.717, 1.165) is 17.9 Å². The molecule has 1 aromatic carbocycles. The number of aromatic nitrogens is 2. The molecule has 22 heavy (non-hydrogen) atoms. The summed E-state index contributed by atoms with van der Waals surface area (Å²) in [5.41, 5.74) is 3.98. The minimum atomic E-state index is -0.147. The van der Waals surface area contributed by atoms with E-state index in [1.165, 1.54) is 5.56 Å². The number of nitrogens with one attached hydrogen (secondary N) is 2. The van der Waals surface area contributed by atoms with E-state index in [9.17, 15) is 4.79 Å². The van der Waals surface area contributed by atoms with E-state index in [0.29, 0.717) is 17.7 Å². The first kappa shape index (κ1) is 18.1. The number of anilines is 1. The van der Waals surface area contributed by atoms with Crippen molar-refractivity contribution >= 4 is 24.0 Å². The van der Waals surface area contributed by atoms with Gasteiger partial charge in [-0.1, -0.05) is 19.1 Å². The minimum absolute atomic E-state index is 0. The lowest BCUT2D eigenvalue weighted by Gasteiger charge is -2.09. The molecule has 1 aromatic heterocycles. The van der Waals surface area contributed by atoms with Crippen molar-refractivity contribution in [3.05, 3.63) is 52.8 Å². The molecular weight excluding hydrogens is 300 g/mol. The normalized spacial score (nSPS) is 9.95. The maximum Gasteiger partial charge on any atom is 0.257 e. The van der Waals surface area contributed by atoms with E-state index >= 15 is 0 Å². The van der Waals surface area contributed by atoms with Crippen LogP contribution < -0.4 is 10.6 Å². The Morgan fingerprint density at radius 1 is 1.18 bits per heavy atom. The summed E-state index contributed by atoms with van der Waals surface area (Å²) in [5.74, 6) is -0.147. The Morgan fingerprint density at radius 3 is 2.45 bits per heavy atom. The monoisotopic (exact) mass is 320 g/mol. The second-order valence-electron chi connectivity index (χ2n) is 4.88. The van der Waals surface area contributed by atoms with Gasteiger partial charge in [0.15, 0.2) is 0 Å². The van der Waals surface area contributed by atoms with E-state index in [1.54, 1.807) is 6.07 Å². The first-order chi connectivity index (χ1) is 10.1. The van der Waals surface area contributed by atoms with Crippen LogP contribution in [0.25, 0.3) is 0 Å². The van der Waals surface area contributed by atoms with E-state index < -0.39 is 0 Å². The van der Waals surface area contributed by atoms with Crippen LogP contribution in [0.15, 0.2) is 30.3 Å². The van der Waals surface area contributed by atoms with E-state index in [4.69, 9.17) is 0 Å². The molecule has 0 saturated carbocycles. The highest BCUT2D eigenvalue weighted by atomic mass is 35.5. The molecule has 0 aliphatic carbocycles. The summed E-state index contributed by atoms with van der Waals surface area (Å²) in [6, 6.07) is 9.55. The Hall–Kier alpha value is -1.98. The van der Waals surface area contributed by atoms with Gasteiger partial charge in [0, 0.05) is 12.2 Å². The van der Waals surface area contributed by atoms with Crippen molar-refractivity contribution in [2.24, 2.45) is 0 Å². The third-order valence-corrected chi connectivity index (χ3v) is 3.16. The van der Waals surface area contributed by atoms with Gasteiger partial charge in [-0.25, -0.2) is 0 Å². The van der Waals surface area contributed by atoms with Crippen LogP contribution in [0.5, 0.6) is 0 Å². The zero-order valence-electron chi connectivity index (χ0n) is 13.0. The van der Waals surface area contributed by atoms with Gasteiger partial charge in [-0.2, -0.15) is 10.2 Å². The molecule has 2 rings (SSSR count). The number of aryl methyl sites for hydroxylation is 2. The van der Waals surface area contributed by atoms with Gasteiger partial charge in [0.1, 0.15) is 0 Å². The van der Waals surface area contributed by atoms with Gasteiger partial charge >= 0.3 is 0 Å². The highest BCUT2D eigenvalue weighted by molar-refractivity contribution is 6.05. The van der Waals surface area contributed by atoms with Crippen LogP contribution in [0.4, 0.5) is 5.69 Å². The zero-order valence-corrected chi connectivity index (χ0v) is 13.8. The third-order valence-electron chi connectivity index (χ3n) is 3.16. The minimum Gasteiger partial charge on any atom is -0.322 e. The SMILES string of the molecule is CCc1nnc(C)cc1C(=O)Nc1ccc(CNC)cc1.Cl. The number of carbonyl (C=O) groups is 1. The second kappa shape index (κ2) is 8.46. The smallest absolute Gasteiger partial charge is 0.257 e. The van der Waals surface area contributed by atoms with Gasteiger partial charge in [-0.05, 0) is 44.2 Å². The molecule has 2 aromatic rings. The summed E-state index contributed by atoms with van der Waals surface area (Å²) in [4.78, 5) is 12.4. The molecule has 0 bridgehead atoms. The number of nitrogens with zero attached hydrogens (tertiary/aromatic N) is 2. The maximum absolute atomic E-state index is 12.4. The number of carbonyl (C=O) groups excluding carboxylic acids is 1. The van der Waals surface area contributed by atoms with Crippen molar-refractivity contribution in [1.82, 2.24) is 15.5 Å². The summed E-state index contributed by atoms with van der Waals surface area (Å²) in [6.07, 6.45) is 0.678. The van der Waals surface area contributed by atoms with Crippen LogP contribution in [-0.4, -0.2) is 23.2 Å². The molecule has 0 fully saturated rings. The van der Waals surface area contributed by atoms with Crippen molar-refractivity contribution in [3.8, 4) is 0 Å². The molecule has 2 N–H and O–H groups in total. The first-order valence-corrected chi connectivity index (χ1v) is 7.02. The maximum atomic E-state index is 12.4. The highest BCUT2D eigenvalue weighted by Gasteiger charge is 2.13. The molecule has 0 unspecified atom stereocenters. The highest BCUT2D eigenvalue weighted by Crippen LogP contribution is 2.13. The molecule has 0 atom stereocenters. The third kappa shape index (κ3) is 4.51. The van der Waals surface area contributed by atoms with E-state index in [2.05, 4.69) is 20.8 Å². The summed E-state index contributed by atoms with van der Waals surface area (Å²) < 4.78 is 0. The average Bonchev–Trinajstić information content (AvgIpc) is 2.49. The van der Waals surface area contributed by atoms with Crippen LogP contribution in [0.1, 0.15) is 34.2 Å². The van der Waals surface area contributed by atoms with Gasteiger partial charge in [0.2, 0.25) is 0 Å². The van der Waals surface area contributed by atoms with Crippen molar-refractivity contribution < 1.29 is 4.79 Å². The molecule has 1 heterocycles. The quantitative estimate of drug-likeness (QED) is 0.889. The van der Waals surface area contributed by atoms with Crippen LogP contribution in [0.3, 0.4) is 0 Å². The van der Waals surface area contributed by atoms with Gasteiger partial charge in [0.05, 0.1) is 17.0 Å². The van der Waals surface area contributed by atoms with Crippen molar-refractivity contribution in [2.75, 3.05) is 12.4 Å². The number of hydrogen-bond donors (Lipinski definition) is 2. The Kier molecular flexibility index (Phi) is 6.95. The molecule has 1 amide bonds. The molecule has 0 aliphatic heterocycles. The molecule has 0 saturated heterocycles. The first-order valence-electron chi connectivity index (χ1n) is 7.02. The number of amides is 1. The number of benzene rings is 1. The van der Waals surface area contributed by atoms with Crippen molar-refractivity contribution in [2.45, 2.75) is 26.8 Å². The summed E-state index contributed by atoms with van der Waals surface area (Å²) >= 11 is 0. The molecule has 118 valence electrons. The number of halogens is 1. The second-order valence-corrected chi connectivity index (χ2v) is 4.88. The summed E-state index contributed by atoms with van der Waals surface area (Å²) in [5, 5.41) is 14.1. The number of hydrogen-bond acceptors (Lipinski definition) is 4. The lowest BCUT2D eigenvalue weighted by atomic mass is 10.1. The molecule has 0 radical (unpaired) electrons. The largest absolute Gasteiger partial charge is 0.322 e. The molecular formula is C16H21ClN4O. The topological polar surface area (TPSA) is 66.9 Å². The zero-order chi connectivity index (χ0) is 15.2. The fourth-order valence-electron chi connectivity index (χ4n) is 2.08. The van der Waals surface area contributed by atoms with Crippen molar-refractivity contribution in [3.63, 3.8) is 0 Å². The molecule has 0 aliphatic rings. The van der Waals surface area contributed by atoms with Crippen LogP contribution in [0.2, 0.25) is 0 Å². The lowest BCUT2D eigenvalue weighted by Crippen LogP contribution is -2.16. The molecule has 0 spiro atoms. The summed E-state index contributed by atoms with van der Waals surface area (Å²) in [7, 11) is 1.90. The Balaban J connectivity index is 0.00000242. The standard InChI is InChI=1S/C16H20N4O.ClH/c1-4-15-14(9-11(2)19-20-15)16(21)18-13-7-5-12(6-8-13)10-17-3;/h5-9,17H,4,10H2,1-3H3,(H,18,21);1H. The van der Waals surface area contributed by atoms with Gasteiger partial charge < -0.3 is 10.6 Å². The summed E-state index contributed by atoms with van der Waals surface area (Å²) in [6.45, 7) is 4.60. The average molecular weight is 321 g/mol. The lowest BCUT2D eigenvalue weighted by molar-refractivity contribution is 0.102. The molecule has 5 nitrogen and oxygen atoms in total. The van der Waals surface area contributed by atoms with Crippen LogP contribution in [-0.2, 0) is 13.0 Å². The predicted octanol–water partition coefficient (Wildman–Crippen LogP) is 2.74. The fraction of sp³-hybridized carbons (Fsp3) is 0.312. The number of rotatable bonds is 5. The predicted molar refractivity (Wildman–Crippen MR) is 90.6 cm³/mol. The van der Waals surface area contributed by atoms with Crippen LogP contribution >= 0.6 is 12.4 Å². The van der Waals surface area contributed by atoms with Gasteiger partial charge in [-0.15, -0.1) is 12.4 Å². The van der Waals surface area contributed by atoms with E-state index in [1.807, 2.05) is 45.2 Å². The van der Waals surface area contributed by atoms with Gasteiger partial charge in [0.25, 0.3) is 5.91 Å². The fourth-order valence-corrected chi connectivity index (χ4v) is 2.08.